The standard InChI is InChI=1S/C18H15N3OS/c1-10(2)11-7-8-15-17(16(11)13-9-19-21-20-13)18(22)12-5-3-4-6-14(12)23-15/h3-10H,1-2H3,(H,19,20,21). The van der Waals surface area contributed by atoms with Gasteiger partial charge in [0.1, 0.15) is 5.69 Å². The van der Waals surface area contributed by atoms with Crippen molar-refractivity contribution in [3.8, 4) is 11.3 Å². The van der Waals surface area contributed by atoms with Crippen molar-refractivity contribution in [1.82, 2.24) is 15.4 Å². The number of aromatic amines is 1. The van der Waals surface area contributed by atoms with Crippen LogP contribution in [-0.4, -0.2) is 15.4 Å². The van der Waals surface area contributed by atoms with Crippen molar-refractivity contribution in [2.75, 3.05) is 0 Å². The van der Waals surface area contributed by atoms with Gasteiger partial charge >= 0.3 is 0 Å². The van der Waals surface area contributed by atoms with E-state index in [9.17, 15) is 4.79 Å². The molecule has 4 nitrogen and oxygen atoms in total. The average molecular weight is 321 g/mol. The summed E-state index contributed by atoms with van der Waals surface area (Å²) in [6, 6.07) is 11.9. The molecule has 0 spiro atoms. The number of H-pyrrole nitrogens is 1. The zero-order valence-electron chi connectivity index (χ0n) is 12.8. The summed E-state index contributed by atoms with van der Waals surface area (Å²) in [7, 11) is 0. The Morgan fingerprint density at radius 2 is 1.91 bits per heavy atom. The normalized spacial score (nSPS) is 11.6. The molecule has 23 heavy (non-hydrogen) atoms. The number of rotatable bonds is 2. The fourth-order valence-electron chi connectivity index (χ4n) is 2.99. The molecule has 0 atom stereocenters. The molecule has 0 amide bonds. The molecule has 2 heterocycles. The highest BCUT2D eigenvalue weighted by atomic mass is 32.1. The third kappa shape index (κ3) is 2.16. The monoisotopic (exact) mass is 321 g/mol. The van der Waals surface area contributed by atoms with E-state index in [1.165, 1.54) is 0 Å². The predicted octanol–water partition coefficient (Wildman–Crippen LogP) is 4.32. The molecule has 0 aliphatic heterocycles. The molecule has 0 radical (unpaired) electrons. The predicted molar refractivity (Wildman–Crippen MR) is 95.1 cm³/mol. The zero-order valence-corrected chi connectivity index (χ0v) is 13.6. The van der Waals surface area contributed by atoms with Crippen LogP contribution in [0.25, 0.3) is 31.4 Å². The first-order valence-electron chi connectivity index (χ1n) is 7.51. The van der Waals surface area contributed by atoms with Gasteiger partial charge in [0.05, 0.1) is 6.20 Å². The van der Waals surface area contributed by atoms with Crippen LogP contribution in [0, 0.1) is 0 Å². The van der Waals surface area contributed by atoms with E-state index in [4.69, 9.17) is 0 Å². The van der Waals surface area contributed by atoms with E-state index in [0.717, 1.165) is 37.0 Å². The molecule has 114 valence electrons. The van der Waals surface area contributed by atoms with Crippen LogP contribution in [0.2, 0.25) is 0 Å². The Kier molecular flexibility index (Phi) is 3.23. The molecular weight excluding hydrogens is 306 g/mol. The Labute approximate surface area is 136 Å². The largest absolute Gasteiger partial charge is 0.288 e. The molecule has 0 unspecified atom stereocenters. The van der Waals surface area contributed by atoms with Gasteiger partial charge in [-0.1, -0.05) is 32.0 Å². The number of nitrogens with one attached hydrogen (secondary N) is 1. The Hall–Kier alpha value is -2.53. The van der Waals surface area contributed by atoms with Crippen LogP contribution in [0.15, 0.2) is 47.4 Å². The minimum absolute atomic E-state index is 0.0647. The Morgan fingerprint density at radius 3 is 2.65 bits per heavy atom. The number of hydrogen-bond donors (Lipinski definition) is 1. The van der Waals surface area contributed by atoms with E-state index in [1.54, 1.807) is 17.5 Å². The highest BCUT2D eigenvalue weighted by Crippen LogP contribution is 2.36. The topological polar surface area (TPSA) is 58.6 Å². The summed E-state index contributed by atoms with van der Waals surface area (Å²) >= 11 is 1.64. The minimum Gasteiger partial charge on any atom is -0.288 e. The highest BCUT2D eigenvalue weighted by molar-refractivity contribution is 7.24. The van der Waals surface area contributed by atoms with Gasteiger partial charge in [-0.3, -0.25) is 4.79 Å². The van der Waals surface area contributed by atoms with Gasteiger partial charge in [-0.05, 0) is 29.7 Å². The SMILES string of the molecule is CC(C)c1ccc2sc3ccccc3c(=O)c2c1-c1cn[nH]n1. The van der Waals surface area contributed by atoms with Crippen LogP contribution in [0.3, 0.4) is 0 Å². The molecule has 0 saturated carbocycles. The van der Waals surface area contributed by atoms with Crippen LogP contribution < -0.4 is 5.43 Å². The van der Waals surface area contributed by atoms with Crippen molar-refractivity contribution in [2.24, 2.45) is 0 Å². The van der Waals surface area contributed by atoms with Gasteiger partial charge in [0.2, 0.25) is 0 Å². The summed E-state index contributed by atoms with van der Waals surface area (Å²) < 4.78 is 1.99. The molecule has 0 aliphatic carbocycles. The molecule has 0 aliphatic rings. The van der Waals surface area contributed by atoms with Crippen molar-refractivity contribution < 1.29 is 0 Å². The summed E-state index contributed by atoms with van der Waals surface area (Å²) in [6.07, 6.45) is 1.68. The summed E-state index contributed by atoms with van der Waals surface area (Å²) in [4.78, 5) is 13.1. The van der Waals surface area contributed by atoms with Gasteiger partial charge < -0.3 is 0 Å². The second-order valence-corrected chi connectivity index (χ2v) is 6.92. The number of fused-ring (bicyclic) bond motifs is 2. The third-order valence-corrected chi connectivity index (χ3v) is 5.21. The molecular formula is C18H15N3OS. The number of hydrogen-bond acceptors (Lipinski definition) is 4. The first-order valence-corrected chi connectivity index (χ1v) is 8.33. The summed E-state index contributed by atoms with van der Waals surface area (Å²) in [5, 5.41) is 12.3. The molecule has 0 bridgehead atoms. The van der Waals surface area contributed by atoms with E-state index >= 15 is 0 Å². The summed E-state index contributed by atoms with van der Waals surface area (Å²) in [5.41, 5.74) is 2.80. The van der Waals surface area contributed by atoms with Crippen LogP contribution in [-0.2, 0) is 0 Å². The van der Waals surface area contributed by atoms with E-state index in [-0.39, 0.29) is 5.43 Å². The van der Waals surface area contributed by atoms with Gasteiger partial charge in [0.25, 0.3) is 0 Å². The maximum Gasteiger partial charge on any atom is 0.196 e. The van der Waals surface area contributed by atoms with E-state index in [1.807, 2.05) is 30.3 Å². The van der Waals surface area contributed by atoms with Crippen LogP contribution in [0.4, 0.5) is 0 Å². The van der Waals surface area contributed by atoms with Crippen LogP contribution in [0.5, 0.6) is 0 Å². The second-order valence-electron chi connectivity index (χ2n) is 5.84. The first kappa shape index (κ1) is 14.1. The van der Waals surface area contributed by atoms with E-state index < -0.39 is 0 Å². The molecule has 0 fully saturated rings. The van der Waals surface area contributed by atoms with Gasteiger partial charge in [-0.25, -0.2) is 0 Å². The Balaban J connectivity index is 2.24. The quantitative estimate of drug-likeness (QED) is 0.559. The van der Waals surface area contributed by atoms with Crippen LogP contribution in [0.1, 0.15) is 25.3 Å². The van der Waals surface area contributed by atoms with Gasteiger partial charge in [-0.15, -0.1) is 11.3 Å². The molecule has 5 heteroatoms. The van der Waals surface area contributed by atoms with Crippen molar-refractivity contribution >= 4 is 31.5 Å². The lowest BCUT2D eigenvalue weighted by Crippen LogP contribution is -2.05. The highest BCUT2D eigenvalue weighted by Gasteiger charge is 2.18. The Morgan fingerprint density at radius 1 is 1.09 bits per heavy atom. The first-order chi connectivity index (χ1) is 11.2. The summed E-state index contributed by atoms with van der Waals surface area (Å²) in [5.74, 6) is 0.293. The van der Waals surface area contributed by atoms with Gasteiger partial charge in [0, 0.05) is 25.7 Å². The maximum atomic E-state index is 13.1. The Bertz CT molecular complexity index is 1060. The van der Waals surface area contributed by atoms with E-state index in [2.05, 4.69) is 35.3 Å². The van der Waals surface area contributed by atoms with Gasteiger partial charge in [-0.2, -0.15) is 15.4 Å². The fourth-order valence-corrected chi connectivity index (χ4v) is 4.07. The van der Waals surface area contributed by atoms with Crippen molar-refractivity contribution in [3.05, 3.63) is 58.4 Å². The van der Waals surface area contributed by atoms with Gasteiger partial charge in [0.15, 0.2) is 5.43 Å². The third-order valence-electron chi connectivity index (χ3n) is 4.07. The van der Waals surface area contributed by atoms with Crippen LogP contribution >= 0.6 is 11.3 Å². The summed E-state index contributed by atoms with van der Waals surface area (Å²) in [6.45, 7) is 4.25. The molecule has 2 aromatic carbocycles. The maximum absolute atomic E-state index is 13.1. The number of nitrogens with zero attached hydrogens (tertiary/aromatic N) is 2. The molecule has 1 N–H and O–H groups in total. The molecule has 0 saturated heterocycles. The zero-order chi connectivity index (χ0) is 16.0. The minimum atomic E-state index is 0.0647. The van der Waals surface area contributed by atoms with Crippen molar-refractivity contribution in [1.29, 1.82) is 0 Å². The smallest absolute Gasteiger partial charge is 0.196 e. The van der Waals surface area contributed by atoms with E-state index in [0.29, 0.717) is 5.92 Å². The van der Waals surface area contributed by atoms with Crippen molar-refractivity contribution in [3.63, 3.8) is 0 Å². The molecule has 2 aromatic heterocycles. The lowest BCUT2D eigenvalue weighted by Gasteiger charge is -2.14. The molecule has 4 rings (SSSR count). The lowest BCUT2D eigenvalue weighted by atomic mass is 9.92. The average Bonchev–Trinajstić information content (AvgIpc) is 3.08. The number of benzene rings is 2. The second kappa shape index (κ2) is 5.28. The molecule has 4 aromatic rings. The number of aromatic nitrogens is 3. The van der Waals surface area contributed by atoms with Crippen molar-refractivity contribution in [2.45, 2.75) is 19.8 Å². The lowest BCUT2D eigenvalue weighted by molar-refractivity contribution is 0.869. The fraction of sp³-hybridized carbons (Fsp3) is 0.167.